The quantitative estimate of drug-likeness (QED) is 0.0153. The topological polar surface area (TPSA) is 430 Å². The number of nitrogens with one attached hydrogen (secondary N) is 5. The fourth-order valence-corrected chi connectivity index (χ4v) is 20.6. The number of hydrogen-bond donors (Lipinski definition) is 18. The number of nitrogens with two attached hydrogens (primary N) is 3. The molecule has 772 valence electrons. The van der Waals surface area contributed by atoms with E-state index in [1.807, 2.05) is 34.6 Å². The SMILES string of the molecule is CC(=O)CCC(=O)C(CS)NC(=O)CCC(N)C(C)C.CC(=O)NC(CSSCC(CCCCC(C)C)SSCC(NC(C)=O)C(=O)O)C(=O)O.CC(C)C(C)S.CC(C)C(N)CS.CC(C)CCC(=O)C(CS)NC(=O)CCC(N)C(=O)O.CC(C)CCCCC1CCSS1.CC(C)CS.CC(CS)C(=O)N1CCCC1C(C)C.CCC(NC(=O)C(C)(C)S)C(C)C.C[O-]. The maximum Gasteiger partial charge on any atom is 0.327 e. The molecule has 13 unspecified atom stereocenters. The minimum Gasteiger partial charge on any atom is -0.857 e. The van der Waals surface area contributed by atoms with Gasteiger partial charge in [-0.15, -0.1) is 0 Å². The summed E-state index contributed by atoms with van der Waals surface area (Å²) in [5.41, 5.74) is 16.7. The van der Waals surface area contributed by atoms with E-state index in [9.17, 15) is 67.7 Å². The van der Waals surface area contributed by atoms with Crippen LogP contribution in [0.25, 0.3) is 0 Å². The number of carbonyl (C=O) groups excluding carboxylic acids is 9. The van der Waals surface area contributed by atoms with Crippen LogP contribution in [0.3, 0.4) is 0 Å². The molecule has 6 amide bonds. The molecular weight excluding hydrogens is 1900 g/mol. The number of ketones is 3. The number of hydrogen-bond acceptors (Lipinski definition) is 29. The fraction of sp³-hybridized carbons (Fsp3) is 0.870. The lowest BCUT2D eigenvalue weighted by Gasteiger charge is -2.29. The monoisotopic (exact) mass is 2090 g/mol. The van der Waals surface area contributed by atoms with E-state index < -0.39 is 52.9 Å². The second-order valence-corrected chi connectivity index (χ2v) is 48.4. The van der Waals surface area contributed by atoms with E-state index >= 15 is 0 Å². The van der Waals surface area contributed by atoms with Gasteiger partial charge in [-0.1, -0.05) is 249 Å². The molecule has 2 fully saturated rings. The molecule has 2 aliphatic heterocycles. The van der Waals surface area contributed by atoms with Crippen molar-refractivity contribution in [3.8, 4) is 0 Å². The Bertz CT molecular complexity index is 2920. The predicted molar refractivity (Wildman–Crippen MR) is 584 cm³/mol. The zero-order valence-corrected chi connectivity index (χ0v) is 95.5. The highest BCUT2D eigenvalue weighted by Crippen LogP contribution is 2.40. The van der Waals surface area contributed by atoms with Crippen LogP contribution >= 0.6 is 153 Å². The lowest BCUT2D eigenvalue weighted by molar-refractivity contribution is -0.325. The average molecular weight is 2090 g/mol. The molecule has 0 radical (unpaired) electrons. The summed E-state index contributed by atoms with van der Waals surface area (Å²) in [5, 5.41) is 50.1. The van der Waals surface area contributed by atoms with Crippen LogP contribution in [0.1, 0.15) is 308 Å². The molecular formula is C92H184N9O16S13-. The lowest BCUT2D eigenvalue weighted by Crippen LogP contribution is -2.45. The molecule has 2 rings (SSSR count). The standard InChI is InChI=1S/C19H34N2O6S4.C14H26N2O3S.C13H24N2O4S.C11H21NOS.C10H21NOS.C10H20S2.C5H13NS.C5H12S.C4H10S.CH3O/c1-12(2)7-5-6-8-15(31-30-11-17(19(26)27)21-14(4)23)9-28-29-10-16(18(24)25)20-13(3)22;1-9(2)11(15)5-7-14(19)16-12(8-20)13(18)6-4-10(3)17;1-8(2)3-5-11(16)10(7-20)15-12(17)6-4-9(14)13(18)19;1-8(2)10-5-4-6-12(10)11(13)9(3)7-14;1-6-8(7(2)3)11-9(12)10(4,5)13;1-9(2)5-3-4-6-10-7-8-11-12-10;1-4(2)5(6)3-7;1-4(2)5(3)6;1-4(2)3-5;1-2/h12,15-17H,5-11H2,1-4H3,(H,20,22)(H,21,23)(H,24,25)(H,26,27);9,11-12,20H,4-8,15H2,1-3H3,(H,16,19);8-10,20H,3-7,14H2,1-2H3,(H,15,17)(H,18,19);8-10,14H,4-7H2,1-3H3;7-8,13H,6H2,1-5H3,(H,11,12);9-10H,3-8H2,1-2H3;4-5,7H,3,6H2,1-2H3;4-6H,1-3H3;4-5H,3H2,1-2H3;1H3/q;;;;;;;;;-1. The van der Waals surface area contributed by atoms with Crippen molar-refractivity contribution in [1.29, 1.82) is 0 Å². The third kappa shape index (κ3) is 90.5. The maximum atomic E-state index is 12.0. The zero-order valence-electron chi connectivity index (χ0n) is 84.3. The molecule has 0 aromatic rings. The Kier molecular flexibility index (Phi) is 99.9. The number of carboxylic acid groups (broad SMARTS) is 3. The Labute approximate surface area is 851 Å². The van der Waals surface area contributed by atoms with Crippen LogP contribution in [0, 0.1) is 59.2 Å². The van der Waals surface area contributed by atoms with Crippen molar-refractivity contribution in [3.63, 3.8) is 0 Å². The first-order valence-corrected chi connectivity index (χ1v) is 57.6. The molecule has 13 atom stereocenters. The number of likely N-dealkylation sites (tertiary alicyclic amines) is 1. The largest absolute Gasteiger partial charge is 0.857 e. The molecule has 0 aromatic heterocycles. The van der Waals surface area contributed by atoms with Crippen LogP contribution in [0.5, 0.6) is 0 Å². The van der Waals surface area contributed by atoms with Gasteiger partial charge >= 0.3 is 17.9 Å². The summed E-state index contributed by atoms with van der Waals surface area (Å²) in [6.45, 7) is 53.2. The summed E-state index contributed by atoms with van der Waals surface area (Å²) in [6.07, 6.45) is 17.3. The Morgan fingerprint density at radius 2 is 0.931 bits per heavy atom. The van der Waals surface area contributed by atoms with E-state index in [4.69, 9.17) is 27.4 Å². The summed E-state index contributed by atoms with van der Waals surface area (Å²) < 4.78 is -0.581. The van der Waals surface area contributed by atoms with Crippen molar-refractivity contribution < 1.29 is 78.0 Å². The minimum absolute atomic E-state index is 0.0105. The fourth-order valence-electron chi connectivity index (χ4n) is 10.4. The van der Waals surface area contributed by atoms with Crippen LogP contribution in [0.4, 0.5) is 0 Å². The average Bonchev–Trinajstić information content (AvgIpc) is 1.70. The van der Waals surface area contributed by atoms with Crippen LogP contribution in [0.2, 0.25) is 0 Å². The number of aliphatic carboxylic acids is 3. The van der Waals surface area contributed by atoms with E-state index in [-0.39, 0.29) is 131 Å². The van der Waals surface area contributed by atoms with Crippen molar-refractivity contribution in [1.82, 2.24) is 31.5 Å². The number of thiol groups is 7. The zero-order chi connectivity index (χ0) is 103. The van der Waals surface area contributed by atoms with Gasteiger partial charge in [0.2, 0.25) is 35.4 Å². The van der Waals surface area contributed by atoms with Gasteiger partial charge in [-0.2, -0.15) is 95.5 Å². The molecule has 2 heterocycles. The number of amides is 6. The summed E-state index contributed by atoms with van der Waals surface area (Å²) in [7, 11) is 10.9. The number of unbranched alkanes of at least 4 members (excludes halogenated alkanes) is 2. The van der Waals surface area contributed by atoms with Crippen molar-refractivity contribution in [2.75, 3.05) is 65.4 Å². The van der Waals surface area contributed by atoms with Crippen molar-refractivity contribution in [2.24, 2.45) is 76.4 Å². The van der Waals surface area contributed by atoms with E-state index in [0.29, 0.717) is 77.7 Å². The lowest BCUT2D eigenvalue weighted by atomic mass is 10.00. The second kappa shape index (κ2) is 90.2. The van der Waals surface area contributed by atoms with Gasteiger partial charge in [0.05, 0.1) is 16.8 Å². The van der Waals surface area contributed by atoms with Crippen molar-refractivity contribution in [2.45, 2.75) is 383 Å². The van der Waals surface area contributed by atoms with E-state index in [2.05, 4.69) is 252 Å². The van der Waals surface area contributed by atoms with Crippen molar-refractivity contribution >= 4 is 224 Å². The van der Waals surface area contributed by atoms with Crippen molar-refractivity contribution in [3.05, 3.63) is 0 Å². The Hall–Kier alpha value is -1.37. The second-order valence-electron chi connectivity index (χ2n) is 36.6. The van der Waals surface area contributed by atoms with Gasteiger partial charge in [0.1, 0.15) is 23.9 Å². The van der Waals surface area contributed by atoms with Crippen LogP contribution in [-0.2, 0) is 57.5 Å². The highest BCUT2D eigenvalue weighted by atomic mass is 33.1. The van der Waals surface area contributed by atoms with Gasteiger partial charge in [-0.3, -0.25) is 43.2 Å². The number of Topliss-reactive ketones (excluding diaryl/α,β-unsaturated/α-hetero) is 3. The predicted octanol–water partition coefficient (Wildman–Crippen LogP) is 17.4. The number of carboxylic acids is 3. The Morgan fingerprint density at radius 1 is 0.492 bits per heavy atom. The highest BCUT2D eigenvalue weighted by Gasteiger charge is 2.33. The number of rotatable bonds is 54. The minimum atomic E-state index is -1.14. The molecule has 2 aliphatic rings. The Balaban J connectivity index is -0.000000224. The third-order valence-corrected chi connectivity index (χ3v) is 31.7. The van der Waals surface area contributed by atoms with Gasteiger partial charge in [-0.25, -0.2) is 9.59 Å². The number of carbonyl (C=O) groups is 12. The van der Waals surface area contributed by atoms with Gasteiger partial charge < -0.3 is 73.9 Å². The third-order valence-electron chi connectivity index (χ3n) is 19.8. The van der Waals surface area contributed by atoms with Gasteiger partial charge in [0.25, 0.3) is 0 Å². The molecule has 38 heteroatoms. The molecule has 25 nitrogen and oxygen atoms in total. The first-order chi connectivity index (χ1) is 60.3. The summed E-state index contributed by atoms with van der Waals surface area (Å²) in [5.74, 6) is 6.52. The summed E-state index contributed by atoms with van der Waals surface area (Å²) in [4.78, 5) is 139. The van der Waals surface area contributed by atoms with Crippen LogP contribution in [0.15, 0.2) is 0 Å². The summed E-state index contributed by atoms with van der Waals surface area (Å²) in [6, 6.07) is -3.18. The van der Waals surface area contributed by atoms with Gasteiger partial charge in [0.15, 0.2) is 11.6 Å². The molecule has 0 saturated carbocycles. The molecule has 0 spiro atoms. The normalized spacial score (nSPS) is 15.8. The Morgan fingerprint density at radius 3 is 1.28 bits per heavy atom. The molecule has 0 bridgehead atoms. The van der Waals surface area contributed by atoms with Gasteiger partial charge in [-0.05, 0) is 138 Å². The highest BCUT2D eigenvalue weighted by molar-refractivity contribution is 8.78. The first-order valence-electron chi connectivity index (χ1n) is 46.2. The van der Waals surface area contributed by atoms with Crippen LogP contribution < -0.4 is 48.9 Å². The first kappa shape index (κ1) is 144. The van der Waals surface area contributed by atoms with Gasteiger partial charge in [0, 0.05) is 144 Å². The summed E-state index contributed by atoms with van der Waals surface area (Å²) >= 11 is 28.8. The maximum absolute atomic E-state index is 12.0. The molecule has 0 aromatic carbocycles. The smallest absolute Gasteiger partial charge is 0.327 e. The molecule has 14 N–H and O–H groups in total. The molecule has 0 aliphatic carbocycles. The van der Waals surface area contributed by atoms with Crippen LogP contribution in [-0.4, -0.2) is 231 Å². The molecule has 2 saturated heterocycles. The van der Waals surface area contributed by atoms with E-state index in [0.717, 1.165) is 92.9 Å². The molecule has 130 heavy (non-hydrogen) atoms. The van der Waals surface area contributed by atoms with E-state index in [1.54, 1.807) is 35.4 Å². The van der Waals surface area contributed by atoms with E-state index in [1.165, 1.54) is 86.6 Å². The number of nitrogens with zero attached hydrogens (tertiary/aromatic N) is 1.